The first-order valence-electron chi connectivity index (χ1n) is 4.99. The molecule has 0 N–H and O–H groups in total. The molecule has 0 amide bonds. The van der Waals surface area contributed by atoms with Crippen LogP contribution in [0.4, 0.5) is 0 Å². The van der Waals surface area contributed by atoms with E-state index in [-0.39, 0.29) is 5.97 Å². The zero-order valence-corrected chi connectivity index (χ0v) is 11.8. The summed E-state index contributed by atoms with van der Waals surface area (Å²) in [5, 5.41) is 3.93. The van der Waals surface area contributed by atoms with Gasteiger partial charge in [0.1, 0.15) is 10.0 Å². The van der Waals surface area contributed by atoms with E-state index in [4.69, 9.17) is 16.3 Å². The van der Waals surface area contributed by atoms with E-state index in [0.29, 0.717) is 15.7 Å². The maximum absolute atomic E-state index is 11.6. The molecule has 94 valence electrons. The molecular formula is C11H9ClN2O2S2. The third-order valence-corrected chi connectivity index (χ3v) is 4.24. The SMILES string of the molecule is COC(=O)c1ccccc1SCc1nnsc1Cl. The number of carbonyl (C=O) groups is 1. The van der Waals surface area contributed by atoms with Crippen molar-refractivity contribution >= 4 is 40.9 Å². The molecule has 0 aliphatic rings. The fourth-order valence-corrected chi connectivity index (χ4v) is 3.07. The number of nitrogens with zero attached hydrogens (tertiary/aromatic N) is 2. The minimum absolute atomic E-state index is 0.347. The quantitative estimate of drug-likeness (QED) is 0.641. The van der Waals surface area contributed by atoms with Gasteiger partial charge in [0.25, 0.3) is 0 Å². The topological polar surface area (TPSA) is 52.1 Å². The van der Waals surface area contributed by atoms with Crippen LogP contribution in [0.15, 0.2) is 29.2 Å². The summed E-state index contributed by atoms with van der Waals surface area (Å²) < 4.78 is 9.08. The summed E-state index contributed by atoms with van der Waals surface area (Å²) in [6, 6.07) is 7.27. The van der Waals surface area contributed by atoms with Crippen molar-refractivity contribution in [3.05, 3.63) is 39.9 Å². The predicted octanol–water partition coefficient (Wildman–Crippen LogP) is 3.27. The highest BCUT2D eigenvalue weighted by atomic mass is 35.5. The highest BCUT2D eigenvalue weighted by Gasteiger charge is 2.13. The fraction of sp³-hybridized carbons (Fsp3) is 0.182. The van der Waals surface area contributed by atoms with Crippen LogP contribution in [0.3, 0.4) is 0 Å². The molecule has 0 aliphatic carbocycles. The molecule has 18 heavy (non-hydrogen) atoms. The molecule has 1 aromatic heterocycles. The van der Waals surface area contributed by atoms with Gasteiger partial charge in [-0.1, -0.05) is 28.2 Å². The second-order valence-electron chi connectivity index (χ2n) is 3.27. The Labute approximate surface area is 117 Å². The molecule has 1 aromatic carbocycles. The van der Waals surface area contributed by atoms with Crippen molar-refractivity contribution in [1.82, 2.24) is 9.59 Å². The average molecular weight is 301 g/mol. The third kappa shape index (κ3) is 3.01. The Balaban J connectivity index is 2.14. The van der Waals surface area contributed by atoms with Crippen LogP contribution in [0, 0.1) is 0 Å². The number of ether oxygens (including phenoxy) is 1. The first-order valence-corrected chi connectivity index (χ1v) is 7.13. The summed E-state index contributed by atoms with van der Waals surface area (Å²) in [5.74, 6) is 0.226. The fourth-order valence-electron chi connectivity index (χ4n) is 1.30. The molecule has 0 bridgehead atoms. The molecule has 2 rings (SSSR count). The number of carbonyl (C=O) groups excluding carboxylic acids is 1. The summed E-state index contributed by atoms with van der Waals surface area (Å²) in [4.78, 5) is 12.4. The Morgan fingerprint density at radius 3 is 2.94 bits per heavy atom. The minimum atomic E-state index is -0.347. The van der Waals surface area contributed by atoms with Crippen LogP contribution in [-0.2, 0) is 10.5 Å². The van der Waals surface area contributed by atoms with Crippen molar-refractivity contribution in [3.63, 3.8) is 0 Å². The number of rotatable bonds is 4. The predicted molar refractivity (Wildman–Crippen MR) is 72.3 cm³/mol. The van der Waals surface area contributed by atoms with Crippen molar-refractivity contribution < 1.29 is 9.53 Å². The molecule has 1 heterocycles. The zero-order valence-electron chi connectivity index (χ0n) is 9.42. The van der Waals surface area contributed by atoms with Crippen molar-refractivity contribution in [1.29, 1.82) is 0 Å². The Kier molecular flexibility index (Phi) is 4.57. The van der Waals surface area contributed by atoms with Crippen LogP contribution in [-0.4, -0.2) is 22.7 Å². The van der Waals surface area contributed by atoms with E-state index in [1.165, 1.54) is 18.9 Å². The minimum Gasteiger partial charge on any atom is -0.465 e. The van der Waals surface area contributed by atoms with Gasteiger partial charge in [0.15, 0.2) is 0 Å². The van der Waals surface area contributed by atoms with Crippen LogP contribution in [0.25, 0.3) is 0 Å². The maximum atomic E-state index is 11.6. The molecule has 0 radical (unpaired) electrons. The standard InChI is InChI=1S/C11H9ClN2O2S2/c1-16-11(15)7-4-2-3-5-9(7)17-6-8-10(12)18-14-13-8/h2-5H,6H2,1H3. The van der Waals surface area contributed by atoms with Gasteiger partial charge in [-0.3, -0.25) is 0 Å². The number of methoxy groups -OCH3 is 1. The monoisotopic (exact) mass is 300 g/mol. The number of halogens is 1. The largest absolute Gasteiger partial charge is 0.465 e. The molecular weight excluding hydrogens is 292 g/mol. The van der Waals surface area contributed by atoms with Crippen LogP contribution in [0.2, 0.25) is 4.34 Å². The Morgan fingerprint density at radius 1 is 1.50 bits per heavy atom. The number of hydrogen-bond acceptors (Lipinski definition) is 6. The number of esters is 1. The first-order chi connectivity index (χ1) is 8.72. The van der Waals surface area contributed by atoms with E-state index in [2.05, 4.69) is 9.59 Å². The van der Waals surface area contributed by atoms with Gasteiger partial charge < -0.3 is 4.74 Å². The Morgan fingerprint density at radius 2 is 2.28 bits per heavy atom. The Bertz CT molecular complexity index is 559. The van der Waals surface area contributed by atoms with Crippen LogP contribution < -0.4 is 0 Å². The number of benzene rings is 1. The Hall–Kier alpha value is -1.11. The lowest BCUT2D eigenvalue weighted by Crippen LogP contribution is -2.02. The van der Waals surface area contributed by atoms with E-state index in [9.17, 15) is 4.79 Å². The lowest BCUT2D eigenvalue weighted by atomic mass is 10.2. The highest BCUT2D eigenvalue weighted by molar-refractivity contribution is 7.98. The molecule has 2 aromatic rings. The number of aromatic nitrogens is 2. The summed E-state index contributed by atoms with van der Waals surface area (Å²) in [7, 11) is 1.37. The van der Waals surface area contributed by atoms with Crippen molar-refractivity contribution in [2.24, 2.45) is 0 Å². The van der Waals surface area contributed by atoms with Gasteiger partial charge >= 0.3 is 5.97 Å². The molecule has 0 unspecified atom stereocenters. The molecule has 0 saturated heterocycles. The second-order valence-corrected chi connectivity index (χ2v) is 5.64. The summed E-state index contributed by atoms with van der Waals surface area (Å²) in [6.07, 6.45) is 0. The number of hydrogen-bond donors (Lipinski definition) is 0. The van der Waals surface area contributed by atoms with E-state index in [0.717, 1.165) is 22.1 Å². The van der Waals surface area contributed by atoms with Gasteiger partial charge in [0.2, 0.25) is 0 Å². The highest BCUT2D eigenvalue weighted by Crippen LogP contribution is 2.29. The van der Waals surface area contributed by atoms with Crippen LogP contribution in [0.5, 0.6) is 0 Å². The van der Waals surface area contributed by atoms with E-state index in [1.807, 2.05) is 12.1 Å². The van der Waals surface area contributed by atoms with Gasteiger partial charge in [0.05, 0.1) is 12.7 Å². The van der Waals surface area contributed by atoms with Gasteiger partial charge in [-0.2, -0.15) is 0 Å². The van der Waals surface area contributed by atoms with Crippen LogP contribution >= 0.6 is 34.9 Å². The van der Waals surface area contributed by atoms with E-state index >= 15 is 0 Å². The maximum Gasteiger partial charge on any atom is 0.338 e. The lowest BCUT2D eigenvalue weighted by molar-refractivity contribution is 0.0597. The van der Waals surface area contributed by atoms with Gasteiger partial charge in [0, 0.05) is 22.2 Å². The van der Waals surface area contributed by atoms with E-state index < -0.39 is 0 Å². The molecule has 0 fully saturated rings. The first kappa shape index (κ1) is 13.3. The average Bonchev–Trinajstić information content (AvgIpc) is 2.81. The third-order valence-electron chi connectivity index (χ3n) is 2.17. The molecule has 0 atom stereocenters. The summed E-state index contributed by atoms with van der Waals surface area (Å²) >= 11 is 8.56. The molecule has 4 nitrogen and oxygen atoms in total. The molecule has 0 saturated carbocycles. The summed E-state index contributed by atoms with van der Waals surface area (Å²) in [5.41, 5.74) is 1.27. The van der Waals surface area contributed by atoms with Gasteiger partial charge in [-0.15, -0.1) is 16.9 Å². The van der Waals surface area contributed by atoms with Crippen molar-refractivity contribution in [3.8, 4) is 0 Å². The second kappa shape index (κ2) is 6.17. The van der Waals surface area contributed by atoms with Gasteiger partial charge in [-0.05, 0) is 12.1 Å². The van der Waals surface area contributed by atoms with Crippen molar-refractivity contribution in [2.45, 2.75) is 10.6 Å². The van der Waals surface area contributed by atoms with Crippen LogP contribution in [0.1, 0.15) is 16.1 Å². The van der Waals surface area contributed by atoms with Crippen molar-refractivity contribution in [2.75, 3.05) is 7.11 Å². The smallest absolute Gasteiger partial charge is 0.338 e. The molecule has 0 spiro atoms. The molecule has 0 aliphatic heterocycles. The zero-order chi connectivity index (χ0) is 13.0. The van der Waals surface area contributed by atoms with E-state index in [1.54, 1.807) is 12.1 Å². The van der Waals surface area contributed by atoms with Gasteiger partial charge in [-0.25, -0.2) is 4.79 Å². The lowest BCUT2D eigenvalue weighted by Gasteiger charge is -2.06. The summed E-state index contributed by atoms with van der Waals surface area (Å²) in [6.45, 7) is 0. The normalized spacial score (nSPS) is 10.3. The number of thioether (sulfide) groups is 1. The molecule has 7 heteroatoms.